The first-order chi connectivity index (χ1) is 7.73. The molecule has 1 amide bonds. The van der Waals surface area contributed by atoms with Crippen LogP contribution in [0.3, 0.4) is 0 Å². The average Bonchev–Trinajstić information content (AvgIpc) is 3.15. The Labute approximate surface area is 98.6 Å². The zero-order valence-corrected chi connectivity index (χ0v) is 10.6. The molecule has 92 valence electrons. The van der Waals surface area contributed by atoms with E-state index in [9.17, 15) is 4.79 Å². The topological polar surface area (TPSA) is 32.3 Å². The molecule has 3 heteroatoms. The standard InChI is InChI=1S/C13H24N2O/c1-3-13(7-9-14-10-8-13)12(16)15(4-2)11-5-6-11/h11,14H,3-10H2,1-2H3. The van der Waals surface area contributed by atoms with E-state index >= 15 is 0 Å². The zero-order valence-electron chi connectivity index (χ0n) is 10.6. The Kier molecular flexibility index (Phi) is 3.53. The molecule has 1 saturated carbocycles. The molecule has 1 saturated heterocycles. The van der Waals surface area contributed by atoms with Crippen LogP contribution in [0.25, 0.3) is 0 Å². The molecule has 0 spiro atoms. The summed E-state index contributed by atoms with van der Waals surface area (Å²) in [5.41, 5.74) is -0.0517. The lowest BCUT2D eigenvalue weighted by atomic mass is 9.75. The van der Waals surface area contributed by atoms with Gasteiger partial charge in [-0.25, -0.2) is 0 Å². The summed E-state index contributed by atoms with van der Waals surface area (Å²) in [4.78, 5) is 14.8. The summed E-state index contributed by atoms with van der Waals surface area (Å²) < 4.78 is 0. The lowest BCUT2D eigenvalue weighted by molar-refractivity contribution is -0.144. The van der Waals surface area contributed by atoms with Crippen LogP contribution in [0.5, 0.6) is 0 Å². The van der Waals surface area contributed by atoms with Crippen molar-refractivity contribution in [3.8, 4) is 0 Å². The molecule has 1 heterocycles. The molecule has 0 radical (unpaired) electrons. The van der Waals surface area contributed by atoms with Gasteiger partial charge >= 0.3 is 0 Å². The number of rotatable bonds is 4. The van der Waals surface area contributed by atoms with E-state index in [1.54, 1.807) is 0 Å². The Morgan fingerprint density at radius 2 is 1.94 bits per heavy atom. The minimum atomic E-state index is -0.0517. The van der Waals surface area contributed by atoms with Gasteiger partial charge in [-0.1, -0.05) is 6.92 Å². The molecule has 0 aromatic carbocycles. The molecule has 16 heavy (non-hydrogen) atoms. The highest BCUT2D eigenvalue weighted by Gasteiger charge is 2.43. The largest absolute Gasteiger partial charge is 0.340 e. The van der Waals surface area contributed by atoms with E-state index in [2.05, 4.69) is 24.1 Å². The molecule has 2 fully saturated rings. The van der Waals surface area contributed by atoms with Gasteiger partial charge in [0.15, 0.2) is 0 Å². The highest BCUT2D eigenvalue weighted by atomic mass is 16.2. The predicted octanol–water partition coefficient (Wildman–Crippen LogP) is 1.78. The Bertz CT molecular complexity index is 255. The van der Waals surface area contributed by atoms with E-state index < -0.39 is 0 Å². The van der Waals surface area contributed by atoms with Crippen molar-refractivity contribution >= 4 is 5.91 Å². The predicted molar refractivity (Wildman–Crippen MR) is 65.2 cm³/mol. The molecule has 0 aromatic heterocycles. The van der Waals surface area contributed by atoms with Gasteiger partial charge < -0.3 is 10.2 Å². The smallest absolute Gasteiger partial charge is 0.229 e. The first-order valence-corrected chi connectivity index (χ1v) is 6.75. The van der Waals surface area contributed by atoms with Gasteiger partial charge in [0.25, 0.3) is 0 Å². The van der Waals surface area contributed by atoms with Crippen LogP contribution >= 0.6 is 0 Å². The van der Waals surface area contributed by atoms with Crippen molar-refractivity contribution in [2.24, 2.45) is 5.41 Å². The fourth-order valence-corrected chi connectivity index (χ4v) is 2.88. The Morgan fingerprint density at radius 1 is 1.31 bits per heavy atom. The minimum absolute atomic E-state index is 0.0517. The van der Waals surface area contributed by atoms with Crippen molar-refractivity contribution in [1.29, 1.82) is 0 Å². The summed E-state index contributed by atoms with van der Waals surface area (Å²) in [7, 11) is 0. The number of carbonyl (C=O) groups excluding carboxylic acids is 1. The Hall–Kier alpha value is -0.570. The van der Waals surface area contributed by atoms with Crippen LogP contribution < -0.4 is 5.32 Å². The second-order valence-electron chi connectivity index (χ2n) is 5.21. The monoisotopic (exact) mass is 224 g/mol. The van der Waals surface area contributed by atoms with E-state index in [-0.39, 0.29) is 5.41 Å². The molecule has 0 unspecified atom stereocenters. The van der Waals surface area contributed by atoms with E-state index in [1.165, 1.54) is 12.8 Å². The Balaban J connectivity index is 2.09. The normalized spacial score (nSPS) is 24.1. The molecule has 2 rings (SSSR count). The number of nitrogens with one attached hydrogen (secondary N) is 1. The number of hydrogen-bond donors (Lipinski definition) is 1. The van der Waals surface area contributed by atoms with Crippen molar-refractivity contribution in [3.63, 3.8) is 0 Å². The van der Waals surface area contributed by atoms with Crippen LogP contribution in [0.4, 0.5) is 0 Å². The number of carbonyl (C=O) groups is 1. The first-order valence-electron chi connectivity index (χ1n) is 6.75. The van der Waals surface area contributed by atoms with Gasteiger partial charge in [0.2, 0.25) is 5.91 Å². The molecular formula is C13H24N2O. The first kappa shape index (κ1) is 11.9. The van der Waals surface area contributed by atoms with Crippen molar-refractivity contribution in [2.45, 2.75) is 52.0 Å². The van der Waals surface area contributed by atoms with Crippen molar-refractivity contribution in [2.75, 3.05) is 19.6 Å². The summed E-state index contributed by atoms with van der Waals surface area (Å²) >= 11 is 0. The summed E-state index contributed by atoms with van der Waals surface area (Å²) in [5.74, 6) is 0.432. The summed E-state index contributed by atoms with van der Waals surface area (Å²) in [6.45, 7) is 7.17. The van der Waals surface area contributed by atoms with Gasteiger partial charge in [0.05, 0.1) is 5.41 Å². The summed E-state index contributed by atoms with van der Waals surface area (Å²) in [5, 5.41) is 3.36. The van der Waals surface area contributed by atoms with E-state index in [0.717, 1.165) is 38.9 Å². The fourth-order valence-electron chi connectivity index (χ4n) is 2.88. The number of nitrogens with zero attached hydrogens (tertiary/aromatic N) is 1. The third-order valence-corrected chi connectivity index (χ3v) is 4.28. The van der Waals surface area contributed by atoms with E-state index in [4.69, 9.17) is 0 Å². The minimum Gasteiger partial charge on any atom is -0.340 e. The number of piperidine rings is 1. The second-order valence-corrected chi connectivity index (χ2v) is 5.21. The van der Waals surface area contributed by atoms with Crippen LogP contribution in [-0.2, 0) is 4.79 Å². The molecule has 1 N–H and O–H groups in total. The van der Waals surface area contributed by atoms with Gasteiger partial charge in [-0.2, -0.15) is 0 Å². The molecular weight excluding hydrogens is 200 g/mol. The number of amides is 1. The molecule has 0 bridgehead atoms. The van der Waals surface area contributed by atoms with E-state index in [1.807, 2.05) is 0 Å². The highest BCUT2D eigenvalue weighted by Crippen LogP contribution is 2.38. The van der Waals surface area contributed by atoms with Gasteiger partial charge in [-0.3, -0.25) is 4.79 Å². The van der Waals surface area contributed by atoms with Crippen LogP contribution in [0.1, 0.15) is 46.0 Å². The molecule has 1 aliphatic heterocycles. The molecule has 3 nitrogen and oxygen atoms in total. The lowest BCUT2D eigenvalue weighted by Gasteiger charge is -2.39. The second kappa shape index (κ2) is 4.74. The number of hydrogen-bond acceptors (Lipinski definition) is 2. The van der Waals surface area contributed by atoms with Crippen molar-refractivity contribution in [1.82, 2.24) is 10.2 Å². The SMILES string of the molecule is CCN(C(=O)C1(CC)CCNCC1)C1CC1. The maximum atomic E-state index is 12.7. The van der Waals surface area contributed by atoms with Gasteiger partial charge in [-0.15, -0.1) is 0 Å². The average molecular weight is 224 g/mol. The van der Waals surface area contributed by atoms with Crippen LogP contribution in [-0.4, -0.2) is 36.5 Å². The van der Waals surface area contributed by atoms with Crippen LogP contribution in [0.15, 0.2) is 0 Å². The van der Waals surface area contributed by atoms with Gasteiger partial charge in [0, 0.05) is 12.6 Å². The summed E-state index contributed by atoms with van der Waals surface area (Å²) in [6.07, 6.45) is 5.48. The summed E-state index contributed by atoms with van der Waals surface area (Å²) in [6, 6.07) is 0.566. The lowest BCUT2D eigenvalue weighted by Crippen LogP contribution is -2.49. The van der Waals surface area contributed by atoms with Crippen LogP contribution in [0.2, 0.25) is 0 Å². The molecule has 2 aliphatic rings. The fraction of sp³-hybridized carbons (Fsp3) is 0.923. The third-order valence-electron chi connectivity index (χ3n) is 4.28. The molecule has 0 aromatic rings. The molecule has 1 aliphatic carbocycles. The van der Waals surface area contributed by atoms with Gasteiger partial charge in [-0.05, 0) is 52.1 Å². The molecule has 0 atom stereocenters. The zero-order chi connectivity index (χ0) is 11.6. The van der Waals surface area contributed by atoms with Gasteiger partial charge in [0.1, 0.15) is 0 Å². The maximum Gasteiger partial charge on any atom is 0.229 e. The Morgan fingerprint density at radius 3 is 2.38 bits per heavy atom. The quantitative estimate of drug-likeness (QED) is 0.789. The highest BCUT2D eigenvalue weighted by molar-refractivity contribution is 5.83. The third kappa shape index (κ3) is 2.10. The van der Waals surface area contributed by atoms with Crippen LogP contribution in [0, 0.1) is 5.41 Å². The van der Waals surface area contributed by atoms with Crippen molar-refractivity contribution < 1.29 is 4.79 Å². The maximum absolute atomic E-state index is 12.7. The van der Waals surface area contributed by atoms with Crippen molar-refractivity contribution in [3.05, 3.63) is 0 Å². The van der Waals surface area contributed by atoms with E-state index in [0.29, 0.717) is 11.9 Å².